The standard InChI is InChI=1S/C20H25N5OS/c1-5-25-16(12-15(4)22-25)19(26)23-8-10-24(11-9-23)20-21-17-13(2)6-7-14(3)18(17)27-20/h6-7,12H,5,8-11H2,1-4H3. The van der Waals surface area contributed by atoms with Crippen LogP contribution in [0.5, 0.6) is 0 Å². The van der Waals surface area contributed by atoms with Gasteiger partial charge in [-0.05, 0) is 44.9 Å². The molecule has 4 rings (SSSR count). The van der Waals surface area contributed by atoms with Crippen LogP contribution in [0, 0.1) is 20.8 Å². The number of carbonyl (C=O) groups excluding carboxylic acids is 1. The molecule has 0 unspecified atom stereocenters. The van der Waals surface area contributed by atoms with E-state index in [2.05, 4.69) is 36.0 Å². The van der Waals surface area contributed by atoms with E-state index in [1.165, 1.54) is 15.8 Å². The molecule has 7 heteroatoms. The van der Waals surface area contributed by atoms with E-state index in [4.69, 9.17) is 4.98 Å². The highest BCUT2D eigenvalue weighted by Crippen LogP contribution is 2.33. The van der Waals surface area contributed by atoms with Crippen molar-refractivity contribution in [2.45, 2.75) is 34.2 Å². The van der Waals surface area contributed by atoms with Crippen LogP contribution in [0.1, 0.15) is 34.2 Å². The topological polar surface area (TPSA) is 54.3 Å². The minimum absolute atomic E-state index is 0.0769. The van der Waals surface area contributed by atoms with Gasteiger partial charge in [-0.25, -0.2) is 4.98 Å². The van der Waals surface area contributed by atoms with Gasteiger partial charge in [-0.2, -0.15) is 5.10 Å². The molecule has 0 radical (unpaired) electrons. The zero-order chi connectivity index (χ0) is 19.1. The number of aromatic nitrogens is 3. The fourth-order valence-corrected chi connectivity index (χ4v) is 4.77. The van der Waals surface area contributed by atoms with E-state index in [0.29, 0.717) is 25.3 Å². The number of anilines is 1. The number of hydrogen-bond donors (Lipinski definition) is 0. The number of hydrogen-bond acceptors (Lipinski definition) is 5. The van der Waals surface area contributed by atoms with Gasteiger partial charge in [0.15, 0.2) is 5.13 Å². The molecule has 1 amide bonds. The molecule has 2 aromatic heterocycles. The molecule has 0 spiro atoms. The van der Waals surface area contributed by atoms with Crippen LogP contribution in [-0.2, 0) is 6.54 Å². The third-order valence-corrected chi connectivity index (χ3v) is 6.44. The summed E-state index contributed by atoms with van der Waals surface area (Å²) in [5, 5.41) is 5.46. The Morgan fingerprint density at radius 1 is 1.11 bits per heavy atom. The Balaban J connectivity index is 1.50. The number of piperazine rings is 1. The molecule has 6 nitrogen and oxygen atoms in total. The lowest BCUT2D eigenvalue weighted by molar-refractivity contribution is 0.0734. The molecular weight excluding hydrogens is 358 g/mol. The van der Waals surface area contributed by atoms with Gasteiger partial charge >= 0.3 is 0 Å². The largest absolute Gasteiger partial charge is 0.345 e. The Morgan fingerprint density at radius 2 is 1.81 bits per heavy atom. The molecule has 0 aliphatic carbocycles. The van der Waals surface area contributed by atoms with E-state index in [-0.39, 0.29) is 5.91 Å². The van der Waals surface area contributed by atoms with E-state index in [0.717, 1.165) is 29.4 Å². The minimum atomic E-state index is 0.0769. The van der Waals surface area contributed by atoms with Crippen LogP contribution in [0.15, 0.2) is 18.2 Å². The summed E-state index contributed by atoms with van der Waals surface area (Å²) in [6.45, 7) is 11.9. The summed E-state index contributed by atoms with van der Waals surface area (Å²) in [5.74, 6) is 0.0769. The van der Waals surface area contributed by atoms with E-state index in [9.17, 15) is 4.79 Å². The van der Waals surface area contributed by atoms with Crippen molar-refractivity contribution >= 4 is 32.6 Å². The summed E-state index contributed by atoms with van der Waals surface area (Å²) in [4.78, 5) is 22.0. The molecule has 0 atom stereocenters. The molecular formula is C20H25N5OS. The zero-order valence-corrected chi connectivity index (χ0v) is 17.1. The lowest BCUT2D eigenvalue weighted by atomic mass is 10.1. The first-order chi connectivity index (χ1) is 13.0. The highest BCUT2D eigenvalue weighted by atomic mass is 32.1. The van der Waals surface area contributed by atoms with E-state index >= 15 is 0 Å². The first kappa shape index (κ1) is 18.0. The summed E-state index contributed by atoms with van der Waals surface area (Å²) >= 11 is 1.76. The molecule has 0 saturated carbocycles. The smallest absolute Gasteiger partial charge is 0.272 e. The van der Waals surface area contributed by atoms with Gasteiger partial charge in [-0.3, -0.25) is 9.48 Å². The number of nitrogens with zero attached hydrogens (tertiary/aromatic N) is 5. The first-order valence-electron chi connectivity index (χ1n) is 9.43. The van der Waals surface area contributed by atoms with Crippen LogP contribution in [-0.4, -0.2) is 51.8 Å². The number of fused-ring (bicyclic) bond motifs is 1. The lowest BCUT2D eigenvalue weighted by Gasteiger charge is -2.34. The third kappa shape index (κ3) is 3.20. The number of carbonyl (C=O) groups is 1. The minimum Gasteiger partial charge on any atom is -0.345 e. The average molecular weight is 384 g/mol. The SMILES string of the molecule is CCn1nc(C)cc1C(=O)N1CCN(c2nc3c(C)ccc(C)c3s2)CC1. The maximum absolute atomic E-state index is 12.9. The number of thiazole rings is 1. The predicted octanol–water partition coefficient (Wildman–Crippen LogP) is 3.40. The van der Waals surface area contributed by atoms with Crippen LogP contribution < -0.4 is 4.90 Å². The summed E-state index contributed by atoms with van der Waals surface area (Å²) in [6, 6.07) is 6.18. The quantitative estimate of drug-likeness (QED) is 0.696. The average Bonchev–Trinajstić information content (AvgIpc) is 3.29. The molecule has 27 heavy (non-hydrogen) atoms. The van der Waals surface area contributed by atoms with Crippen LogP contribution in [0.4, 0.5) is 5.13 Å². The van der Waals surface area contributed by atoms with Gasteiger partial charge in [0.1, 0.15) is 5.69 Å². The van der Waals surface area contributed by atoms with Crippen molar-refractivity contribution in [1.29, 1.82) is 0 Å². The molecule has 1 fully saturated rings. The molecule has 1 aromatic carbocycles. The van der Waals surface area contributed by atoms with Crippen molar-refractivity contribution < 1.29 is 4.79 Å². The van der Waals surface area contributed by atoms with Gasteiger partial charge in [0, 0.05) is 32.7 Å². The second-order valence-electron chi connectivity index (χ2n) is 7.14. The molecule has 1 saturated heterocycles. The Labute approximate surface area is 163 Å². The van der Waals surface area contributed by atoms with Crippen molar-refractivity contribution in [3.8, 4) is 0 Å². The van der Waals surface area contributed by atoms with E-state index in [1.807, 2.05) is 24.8 Å². The molecule has 0 N–H and O–H groups in total. The summed E-state index contributed by atoms with van der Waals surface area (Å²) in [6.07, 6.45) is 0. The Morgan fingerprint density at radius 3 is 2.48 bits per heavy atom. The fraction of sp³-hybridized carbons (Fsp3) is 0.450. The Bertz CT molecular complexity index is 958. The molecule has 142 valence electrons. The van der Waals surface area contributed by atoms with Crippen molar-refractivity contribution in [3.63, 3.8) is 0 Å². The highest BCUT2D eigenvalue weighted by molar-refractivity contribution is 7.22. The van der Waals surface area contributed by atoms with Crippen molar-refractivity contribution in [2.75, 3.05) is 31.1 Å². The molecule has 1 aliphatic rings. The number of benzene rings is 1. The second kappa shape index (κ2) is 6.96. The van der Waals surface area contributed by atoms with Crippen molar-refractivity contribution in [1.82, 2.24) is 19.7 Å². The summed E-state index contributed by atoms with van der Waals surface area (Å²) < 4.78 is 3.06. The zero-order valence-electron chi connectivity index (χ0n) is 16.3. The molecule has 3 aromatic rings. The van der Waals surface area contributed by atoms with Gasteiger partial charge in [0.2, 0.25) is 0 Å². The molecule has 1 aliphatic heterocycles. The summed E-state index contributed by atoms with van der Waals surface area (Å²) in [5.41, 5.74) is 5.18. The third-order valence-electron chi connectivity index (χ3n) is 5.19. The number of rotatable bonds is 3. The normalized spacial score (nSPS) is 15.0. The predicted molar refractivity (Wildman–Crippen MR) is 110 cm³/mol. The first-order valence-corrected chi connectivity index (χ1v) is 10.2. The Kier molecular flexibility index (Phi) is 4.63. The van der Waals surface area contributed by atoms with E-state index < -0.39 is 0 Å². The molecule has 3 heterocycles. The number of aryl methyl sites for hydroxylation is 4. The van der Waals surface area contributed by atoms with Crippen LogP contribution in [0.3, 0.4) is 0 Å². The summed E-state index contributed by atoms with van der Waals surface area (Å²) in [7, 11) is 0. The fourth-order valence-electron chi connectivity index (χ4n) is 3.60. The van der Waals surface area contributed by atoms with Crippen LogP contribution in [0.25, 0.3) is 10.2 Å². The van der Waals surface area contributed by atoms with Crippen molar-refractivity contribution in [3.05, 3.63) is 40.7 Å². The van der Waals surface area contributed by atoms with Gasteiger partial charge in [-0.1, -0.05) is 23.5 Å². The van der Waals surface area contributed by atoms with Gasteiger partial charge in [-0.15, -0.1) is 0 Å². The second-order valence-corrected chi connectivity index (χ2v) is 8.12. The highest BCUT2D eigenvalue weighted by Gasteiger charge is 2.26. The van der Waals surface area contributed by atoms with Crippen LogP contribution >= 0.6 is 11.3 Å². The van der Waals surface area contributed by atoms with Crippen molar-refractivity contribution in [2.24, 2.45) is 0 Å². The monoisotopic (exact) mass is 383 g/mol. The lowest BCUT2D eigenvalue weighted by Crippen LogP contribution is -2.49. The van der Waals surface area contributed by atoms with E-state index in [1.54, 1.807) is 16.0 Å². The van der Waals surface area contributed by atoms with Gasteiger partial charge in [0.25, 0.3) is 5.91 Å². The maximum Gasteiger partial charge on any atom is 0.272 e. The number of amides is 1. The van der Waals surface area contributed by atoms with Gasteiger partial charge < -0.3 is 9.80 Å². The van der Waals surface area contributed by atoms with Gasteiger partial charge in [0.05, 0.1) is 15.9 Å². The Hall–Kier alpha value is -2.41. The molecule has 0 bridgehead atoms. The van der Waals surface area contributed by atoms with Crippen LogP contribution in [0.2, 0.25) is 0 Å². The maximum atomic E-state index is 12.9.